The van der Waals surface area contributed by atoms with Crippen LogP contribution in [0, 0.1) is 0 Å². The zero-order valence-electron chi connectivity index (χ0n) is 15.8. The number of amides is 3. The highest BCUT2D eigenvalue weighted by Crippen LogP contribution is 2.17. The summed E-state index contributed by atoms with van der Waals surface area (Å²) in [5.74, 6) is -0.594. The maximum absolute atomic E-state index is 12.3. The van der Waals surface area contributed by atoms with Crippen LogP contribution in [0.3, 0.4) is 0 Å². The smallest absolute Gasteiger partial charge is 0.422 e. The summed E-state index contributed by atoms with van der Waals surface area (Å²) in [6.07, 6.45) is -3.16. The number of carbonyl (C=O) groups excluding carboxylic acids is 2. The quantitative estimate of drug-likeness (QED) is 0.652. The van der Waals surface area contributed by atoms with Gasteiger partial charge < -0.3 is 20.7 Å². The minimum absolute atomic E-state index is 0.0353. The average Bonchev–Trinajstić information content (AvgIpc) is 2.64. The fourth-order valence-electron chi connectivity index (χ4n) is 2.25. The minimum atomic E-state index is -4.46. The molecular formula is C19H21F3N4O3. The van der Waals surface area contributed by atoms with E-state index in [2.05, 4.69) is 25.7 Å². The summed E-state index contributed by atoms with van der Waals surface area (Å²) in [5, 5.41) is 7.96. The Bertz CT molecular complexity index is 857. The van der Waals surface area contributed by atoms with Crippen LogP contribution < -0.4 is 20.7 Å². The summed E-state index contributed by atoms with van der Waals surface area (Å²) in [6, 6.07) is 8.80. The molecule has 7 nitrogen and oxygen atoms in total. The molecule has 0 atom stereocenters. The third kappa shape index (κ3) is 8.08. The summed E-state index contributed by atoms with van der Waals surface area (Å²) in [5.41, 5.74) is 1.29. The van der Waals surface area contributed by atoms with Gasteiger partial charge in [0.25, 0.3) is 5.91 Å². The number of benzene rings is 1. The molecule has 0 saturated carbocycles. The third-order valence-corrected chi connectivity index (χ3v) is 3.44. The van der Waals surface area contributed by atoms with Gasteiger partial charge in [0, 0.05) is 36.1 Å². The first kappa shape index (κ1) is 22.0. The van der Waals surface area contributed by atoms with Gasteiger partial charge in [-0.3, -0.25) is 4.79 Å². The van der Waals surface area contributed by atoms with Crippen LogP contribution in [0.25, 0.3) is 0 Å². The van der Waals surface area contributed by atoms with Crippen LogP contribution in [-0.2, 0) is 6.54 Å². The van der Waals surface area contributed by atoms with Crippen molar-refractivity contribution in [2.45, 2.75) is 32.6 Å². The minimum Gasteiger partial charge on any atom is -0.468 e. The number of alkyl halides is 3. The molecule has 3 N–H and O–H groups in total. The van der Waals surface area contributed by atoms with Crippen molar-refractivity contribution in [3.63, 3.8) is 0 Å². The van der Waals surface area contributed by atoms with E-state index in [1.807, 2.05) is 13.8 Å². The van der Waals surface area contributed by atoms with Gasteiger partial charge in [-0.15, -0.1) is 0 Å². The molecule has 0 aliphatic carbocycles. The molecule has 3 amide bonds. The lowest BCUT2D eigenvalue weighted by atomic mass is 10.2. The molecule has 2 rings (SSSR count). The van der Waals surface area contributed by atoms with E-state index in [0.717, 1.165) is 0 Å². The Hall–Kier alpha value is -3.30. The highest BCUT2D eigenvalue weighted by molar-refractivity contribution is 5.96. The van der Waals surface area contributed by atoms with Crippen LogP contribution in [0.2, 0.25) is 0 Å². The zero-order valence-corrected chi connectivity index (χ0v) is 15.8. The van der Waals surface area contributed by atoms with E-state index in [-0.39, 0.29) is 24.5 Å². The molecule has 0 radical (unpaired) electrons. The van der Waals surface area contributed by atoms with Crippen molar-refractivity contribution in [1.29, 1.82) is 0 Å². The summed E-state index contributed by atoms with van der Waals surface area (Å²) < 4.78 is 41.2. The average molecular weight is 410 g/mol. The van der Waals surface area contributed by atoms with E-state index in [4.69, 9.17) is 0 Å². The highest BCUT2D eigenvalue weighted by Gasteiger charge is 2.28. The zero-order chi connectivity index (χ0) is 21.4. The number of carbonyl (C=O) groups is 2. The normalized spacial score (nSPS) is 11.1. The number of pyridine rings is 1. The molecule has 2 aromatic rings. The van der Waals surface area contributed by atoms with Crippen LogP contribution in [-0.4, -0.2) is 35.7 Å². The molecule has 1 aromatic carbocycles. The molecule has 0 aliphatic rings. The lowest BCUT2D eigenvalue weighted by Gasteiger charge is -2.11. The van der Waals surface area contributed by atoms with E-state index in [1.165, 1.54) is 18.3 Å². The second-order valence-corrected chi connectivity index (χ2v) is 6.42. The molecule has 0 bridgehead atoms. The number of hydrogen-bond acceptors (Lipinski definition) is 4. The predicted molar refractivity (Wildman–Crippen MR) is 101 cm³/mol. The highest BCUT2D eigenvalue weighted by atomic mass is 19.4. The molecular weight excluding hydrogens is 389 g/mol. The summed E-state index contributed by atoms with van der Waals surface area (Å²) in [4.78, 5) is 27.8. The Labute approximate surface area is 165 Å². The van der Waals surface area contributed by atoms with Crippen LogP contribution in [0.5, 0.6) is 5.88 Å². The van der Waals surface area contributed by atoms with Gasteiger partial charge in [0.2, 0.25) is 5.88 Å². The standard InChI is InChI=1S/C19H21F3N4O3/c1-12(2)25-18(28)26-15-5-3-4-14(9-15)17(27)24-10-13-6-7-23-16(8-13)29-11-19(20,21)22/h3-9,12H,10-11H2,1-2H3,(H,24,27)(H2,25,26,28). The predicted octanol–water partition coefficient (Wildman–Crippen LogP) is 3.48. The number of aromatic nitrogens is 1. The van der Waals surface area contributed by atoms with Crippen LogP contribution in [0.4, 0.5) is 23.7 Å². The number of nitrogens with one attached hydrogen (secondary N) is 3. The summed E-state index contributed by atoms with van der Waals surface area (Å²) >= 11 is 0. The second-order valence-electron chi connectivity index (χ2n) is 6.42. The molecule has 0 aliphatic heterocycles. The van der Waals surface area contributed by atoms with E-state index in [0.29, 0.717) is 16.8 Å². The van der Waals surface area contributed by atoms with Gasteiger partial charge in [-0.1, -0.05) is 6.07 Å². The third-order valence-electron chi connectivity index (χ3n) is 3.44. The molecule has 29 heavy (non-hydrogen) atoms. The lowest BCUT2D eigenvalue weighted by molar-refractivity contribution is -0.154. The Balaban J connectivity index is 1.94. The van der Waals surface area contributed by atoms with Crippen molar-refractivity contribution in [2.24, 2.45) is 0 Å². The Kier molecular flexibility index (Phi) is 7.40. The molecule has 10 heteroatoms. The number of rotatable bonds is 7. The molecule has 1 aromatic heterocycles. The first-order chi connectivity index (χ1) is 13.6. The first-order valence-electron chi connectivity index (χ1n) is 8.72. The van der Waals surface area contributed by atoms with E-state index >= 15 is 0 Å². The van der Waals surface area contributed by atoms with Crippen LogP contribution in [0.15, 0.2) is 42.6 Å². The Morgan fingerprint density at radius 3 is 2.62 bits per heavy atom. The van der Waals surface area contributed by atoms with Gasteiger partial charge in [-0.2, -0.15) is 13.2 Å². The molecule has 156 valence electrons. The van der Waals surface area contributed by atoms with Gasteiger partial charge >= 0.3 is 12.2 Å². The van der Waals surface area contributed by atoms with Gasteiger partial charge in [0.15, 0.2) is 6.61 Å². The number of ether oxygens (including phenoxy) is 1. The van der Waals surface area contributed by atoms with Gasteiger partial charge in [-0.25, -0.2) is 9.78 Å². The molecule has 0 saturated heterocycles. The van der Waals surface area contributed by atoms with Gasteiger partial charge in [0.05, 0.1) is 0 Å². The number of halogens is 3. The summed E-state index contributed by atoms with van der Waals surface area (Å²) in [7, 11) is 0. The number of urea groups is 1. The number of anilines is 1. The Morgan fingerprint density at radius 2 is 1.93 bits per heavy atom. The van der Waals surface area contributed by atoms with Crippen molar-refractivity contribution in [2.75, 3.05) is 11.9 Å². The van der Waals surface area contributed by atoms with Gasteiger partial charge in [0.1, 0.15) is 0 Å². The van der Waals surface area contributed by atoms with Crippen molar-refractivity contribution in [3.05, 3.63) is 53.7 Å². The van der Waals surface area contributed by atoms with E-state index in [9.17, 15) is 22.8 Å². The van der Waals surface area contributed by atoms with Gasteiger partial charge in [-0.05, 0) is 43.7 Å². The first-order valence-corrected chi connectivity index (χ1v) is 8.72. The number of hydrogen-bond donors (Lipinski definition) is 3. The van der Waals surface area contributed by atoms with Crippen molar-refractivity contribution in [3.8, 4) is 5.88 Å². The van der Waals surface area contributed by atoms with Crippen molar-refractivity contribution < 1.29 is 27.5 Å². The largest absolute Gasteiger partial charge is 0.468 e. The Morgan fingerprint density at radius 1 is 1.17 bits per heavy atom. The van der Waals surface area contributed by atoms with Crippen molar-refractivity contribution in [1.82, 2.24) is 15.6 Å². The second kappa shape index (κ2) is 9.76. The van der Waals surface area contributed by atoms with E-state index < -0.39 is 18.7 Å². The maximum atomic E-state index is 12.3. The SMILES string of the molecule is CC(C)NC(=O)Nc1cccc(C(=O)NCc2ccnc(OCC(F)(F)F)c2)c1. The lowest BCUT2D eigenvalue weighted by Crippen LogP contribution is -2.34. The number of nitrogens with zero attached hydrogens (tertiary/aromatic N) is 1. The molecule has 0 spiro atoms. The fraction of sp³-hybridized carbons (Fsp3) is 0.316. The molecule has 1 heterocycles. The van der Waals surface area contributed by atoms with Crippen LogP contribution in [0.1, 0.15) is 29.8 Å². The molecule has 0 fully saturated rings. The van der Waals surface area contributed by atoms with E-state index in [1.54, 1.807) is 24.3 Å². The maximum Gasteiger partial charge on any atom is 0.422 e. The monoisotopic (exact) mass is 410 g/mol. The van der Waals surface area contributed by atoms with Crippen LogP contribution >= 0.6 is 0 Å². The fourth-order valence-corrected chi connectivity index (χ4v) is 2.25. The van der Waals surface area contributed by atoms with Crippen molar-refractivity contribution >= 4 is 17.6 Å². The molecule has 0 unspecified atom stereocenters. The summed E-state index contributed by atoms with van der Waals surface area (Å²) in [6.45, 7) is 2.26. The topological polar surface area (TPSA) is 92.4 Å².